The number of hydrogen-bond donors (Lipinski definition) is 2. The van der Waals surface area contributed by atoms with Crippen LogP contribution in [0.1, 0.15) is 30.8 Å². The summed E-state index contributed by atoms with van der Waals surface area (Å²) in [4.78, 5) is 23.0. The lowest BCUT2D eigenvalue weighted by molar-refractivity contribution is -0.119. The molecule has 1 heterocycles. The molecule has 0 aliphatic carbocycles. The number of nitrogens with one attached hydrogen (secondary N) is 1. The van der Waals surface area contributed by atoms with Gasteiger partial charge in [-0.3, -0.25) is 9.59 Å². The second-order valence-electron chi connectivity index (χ2n) is 5.68. The van der Waals surface area contributed by atoms with E-state index in [0.29, 0.717) is 27.4 Å². The lowest BCUT2D eigenvalue weighted by Gasteiger charge is -2.14. The Bertz CT molecular complexity index is 812. The molecule has 1 aromatic heterocycles. The highest BCUT2D eigenvalue weighted by Crippen LogP contribution is 2.25. The van der Waals surface area contributed by atoms with E-state index in [0.717, 1.165) is 5.56 Å². The van der Waals surface area contributed by atoms with Crippen LogP contribution in [-0.4, -0.2) is 32.3 Å². The second-order valence-corrected chi connectivity index (χ2v) is 7.43. The van der Waals surface area contributed by atoms with Crippen LogP contribution in [0, 0.1) is 0 Å². The average molecular weight is 416 g/mol. The fraction of sp³-hybridized carbons (Fsp3) is 0.375. The maximum Gasteiger partial charge on any atom is 0.230 e. The predicted octanol–water partition coefficient (Wildman–Crippen LogP) is 2.51. The number of carbonyl (C=O) groups excluding carboxylic acids is 2. The van der Waals surface area contributed by atoms with E-state index >= 15 is 0 Å². The molecule has 2 aromatic rings. The van der Waals surface area contributed by atoms with Crippen molar-refractivity contribution in [1.82, 2.24) is 20.1 Å². The van der Waals surface area contributed by atoms with Crippen molar-refractivity contribution in [2.45, 2.75) is 31.0 Å². The second kappa shape index (κ2) is 9.25. The van der Waals surface area contributed by atoms with E-state index < -0.39 is 5.91 Å². The summed E-state index contributed by atoms with van der Waals surface area (Å²) in [6.07, 6.45) is 0.623. The number of carbonyl (C=O) groups is 2. The van der Waals surface area contributed by atoms with Gasteiger partial charge in [-0.2, -0.15) is 0 Å². The Morgan fingerprint density at radius 3 is 2.69 bits per heavy atom. The van der Waals surface area contributed by atoms with Crippen LogP contribution in [0.3, 0.4) is 0 Å². The minimum atomic E-state index is -0.391. The van der Waals surface area contributed by atoms with Gasteiger partial charge in [-0.25, -0.2) is 0 Å². The van der Waals surface area contributed by atoms with Gasteiger partial charge in [0, 0.05) is 19.9 Å². The van der Waals surface area contributed by atoms with E-state index in [1.165, 1.54) is 11.8 Å². The molecule has 2 amide bonds. The number of primary amides is 1. The quantitative estimate of drug-likeness (QED) is 0.644. The van der Waals surface area contributed by atoms with Crippen LogP contribution in [0.15, 0.2) is 23.4 Å². The lowest BCUT2D eigenvalue weighted by atomic mass is 10.1. The molecule has 0 fully saturated rings. The number of nitrogens with zero attached hydrogens (tertiary/aromatic N) is 3. The molecule has 10 heteroatoms. The van der Waals surface area contributed by atoms with E-state index in [9.17, 15) is 9.59 Å². The Hall–Kier alpha value is -1.77. The highest BCUT2D eigenvalue weighted by atomic mass is 35.5. The van der Waals surface area contributed by atoms with Gasteiger partial charge in [0.1, 0.15) is 5.82 Å². The Morgan fingerprint density at radius 2 is 2.04 bits per heavy atom. The van der Waals surface area contributed by atoms with Crippen molar-refractivity contribution in [3.63, 3.8) is 0 Å². The standard InChI is InChI=1S/C16H19Cl2N5O2S/c1-9(10-3-4-11(17)12(18)7-10)20-15(25)8-26-16-22-21-14(23(16)2)6-5-13(19)24/h3-4,7,9H,5-6,8H2,1-2H3,(H2,19,24)(H,20,25)/t9-/m0/s1. The van der Waals surface area contributed by atoms with Crippen molar-refractivity contribution < 1.29 is 9.59 Å². The fourth-order valence-electron chi connectivity index (χ4n) is 2.20. The number of halogens is 2. The zero-order valence-corrected chi connectivity index (χ0v) is 16.7. The van der Waals surface area contributed by atoms with Crippen molar-refractivity contribution in [1.29, 1.82) is 0 Å². The summed E-state index contributed by atoms with van der Waals surface area (Å²) in [5.41, 5.74) is 6.00. The molecule has 0 saturated carbocycles. The highest BCUT2D eigenvalue weighted by molar-refractivity contribution is 7.99. The van der Waals surface area contributed by atoms with Gasteiger partial charge in [-0.15, -0.1) is 10.2 Å². The normalized spacial score (nSPS) is 12.0. The van der Waals surface area contributed by atoms with Crippen LogP contribution in [0.5, 0.6) is 0 Å². The van der Waals surface area contributed by atoms with Crippen LogP contribution in [0.25, 0.3) is 0 Å². The van der Waals surface area contributed by atoms with Crippen molar-refractivity contribution in [2.75, 3.05) is 5.75 Å². The van der Waals surface area contributed by atoms with Gasteiger partial charge in [-0.1, -0.05) is 41.0 Å². The molecule has 0 aliphatic heterocycles. The lowest BCUT2D eigenvalue weighted by Crippen LogP contribution is -2.28. The monoisotopic (exact) mass is 415 g/mol. The van der Waals surface area contributed by atoms with Crippen LogP contribution in [0.4, 0.5) is 0 Å². The maximum atomic E-state index is 12.2. The van der Waals surface area contributed by atoms with E-state index in [2.05, 4.69) is 15.5 Å². The first-order valence-corrected chi connectivity index (χ1v) is 9.55. The van der Waals surface area contributed by atoms with Crippen LogP contribution in [0.2, 0.25) is 10.0 Å². The third-order valence-corrected chi connectivity index (χ3v) is 5.43. The van der Waals surface area contributed by atoms with Gasteiger partial charge in [0.15, 0.2) is 5.16 Å². The number of nitrogens with two attached hydrogens (primary N) is 1. The third kappa shape index (κ3) is 5.62. The molecular weight excluding hydrogens is 397 g/mol. The number of amides is 2. The molecule has 26 heavy (non-hydrogen) atoms. The Balaban J connectivity index is 1.88. The van der Waals surface area contributed by atoms with Crippen molar-refractivity contribution in [3.05, 3.63) is 39.6 Å². The molecule has 0 unspecified atom stereocenters. The van der Waals surface area contributed by atoms with Gasteiger partial charge in [-0.05, 0) is 24.6 Å². The van der Waals surface area contributed by atoms with Crippen LogP contribution in [-0.2, 0) is 23.1 Å². The zero-order valence-electron chi connectivity index (χ0n) is 14.3. The van der Waals surface area contributed by atoms with Gasteiger partial charge >= 0.3 is 0 Å². The zero-order chi connectivity index (χ0) is 19.3. The number of aromatic nitrogens is 3. The van der Waals surface area contributed by atoms with Crippen molar-refractivity contribution in [3.8, 4) is 0 Å². The molecule has 0 saturated heterocycles. The molecule has 0 bridgehead atoms. The summed E-state index contributed by atoms with van der Waals surface area (Å²) in [5.74, 6) is 0.303. The maximum absolute atomic E-state index is 12.2. The van der Waals surface area contributed by atoms with E-state index in [1.807, 2.05) is 13.0 Å². The predicted molar refractivity (Wildman–Crippen MR) is 102 cm³/mol. The Morgan fingerprint density at radius 1 is 1.31 bits per heavy atom. The van der Waals surface area contributed by atoms with Gasteiger partial charge < -0.3 is 15.6 Å². The van der Waals surface area contributed by atoms with Crippen LogP contribution >= 0.6 is 35.0 Å². The van der Waals surface area contributed by atoms with Crippen LogP contribution < -0.4 is 11.1 Å². The number of thioether (sulfide) groups is 1. The minimum Gasteiger partial charge on any atom is -0.370 e. The average Bonchev–Trinajstić information content (AvgIpc) is 2.93. The molecule has 2 rings (SSSR count). The topological polar surface area (TPSA) is 103 Å². The Kier molecular flexibility index (Phi) is 7.31. The van der Waals surface area contributed by atoms with Gasteiger partial charge in [0.05, 0.1) is 21.8 Å². The molecule has 0 aliphatic rings. The number of aryl methyl sites for hydroxylation is 1. The molecule has 0 radical (unpaired) electrons. The molecule has 3 N–H and O–H groups in total. The first-order valence-electron chi connectivity index (χ1n) is 7.81. The summed E-state index contributed by atoms with van der Waals surface area (Å²) in [5, 5.41) is 12.5. The van der Waals surface area contributed by atoms with Gasteiger partial charge in [0.2, 0.25) is 11.8 Å². The molecule has 1 aromatic carbocycles. The fourth-order valence-corrected chi connectivity index (χ4v) is 3.25. The number of hydrogen-bond acceptors (Lipinski definition) is 5. The largest absolute Gasteiger partial charge is 0.370 e. The summed E-state index contributed by atoms with van der Waals surface area (Å²) in [7, 11) is 1.79. The molecule has 0 spiro atoms. The van der Waals surface area contributed by atoms with Crippen molar-refractivity contribution >= 4 is 46.8 Å². The molecule has 1 atom stereocenters. The first kappa shape index (κ1) is 20.5. The van der Waals surface area contributed by atoms with E-state index in [4.69, 9.17) is 28.9 Å². The number of rotatable bonds is 8. The van der Waals surface area contributed by atoms with E-state index in [1.54, 1.807) is 23.7 Å². The smallest absolute Gasteiger partial charge is 0.230 e. The highest BCUT2D eigenvalue weighted by Gasteiger charge is 2.14. The summed E-state index contributed by atoms with van der Waals surface area (Å²) in [6.45, 7) is 1.87. The number of benzene rings is 1. The first-order chi connectivity index (χ1) is 12.3. The molecular formula is C16H19Cl2N5O2S. The third-order valence-electron chi connectivity index (χ3n) is 3.67. The SMILES string of the molecule is C[C@H](NC(=O)CSc1nnc(CCC(N)=O)n1C)c1ccc(Cl)c(Cl)c1. The Labute approximate surface area is 165 Å². The summed E-state index contributed by atoms with van der Waals surface area (Å²) >= 11 is 13.2. The molecule has 7 nitrogen and oxygen atoms in total. The van der Waals surface area contributed by atoms with Crippen molar-refractivity contribution in [2.24, 2.45) is 12.8 Å². The summed E-state index contributed by atoms with van der Waals surface area (Å²) in [6, 6.07) is 5.04. The van der Waals surface area contributed by atoms with Gasteiger partial charge in [0.25, 0.3) is 0 Å². The molecule has 140 valence electrons. The summed E-state index contributed by atoms with van der Waals surface area (Å²) < 4.78 is 1.75. The minimum absolute atomic E-state index is 0.143. The van der Waals surface area contributed by atoms with E-state index in [-0.39, 0.29) is 24.1 Å².